The van der Waals surface area contributed by atoms with E-state index in [-0.39, 0.29) is 5.56 Å². The van der Waals surface area contributed by atoms with E-state index in [9.17, 15) is 13.2 Å². The normalized spacial score (nSPS) is 13.2. The Morgan fingerprint density at radius 3 is 2.57 bits per heavy atom. The lowest BCUT2D eigenvalue weighted by atomic mass is 10.0. The van der Waals surface area contributed by atoms with E-state index >= 15 is 0 Å². The van der Waals surface area contributed by atoms with Crippen LogP contribution >= 0.6 is 0 Å². The SMILES string of the molecule is CCc1nn(C)cc1NC(C)c1ccccc1C(F)(F)F. The van der Waals surface area contributed by atoms with Gasteiger partial charge in [-0.3, -0.25) is 4.68 Å². The summed E-state index contributed by atoms with van der Waals surface area (Å²) in [6.07, 6.45) is -1.85. The van der Waals surface area contributed by atoms with Crippen molar-refractivity contribution in [1.29, 1.82) is 0 Å². The lowest BCUT2D eigenvalue weighted by Gasteiger charge is -2.20. The Labute approximate surface area is 121 Å². The van der Waals surface area contributed by atoms with Gasteiger partial charge in [0.1, 0.15) is 0 Å². The highest BCUT2D eigenvalue weighted by atomic mass is 19.4. The second kappa shape index (κ2) is 5.79. The third-order valence-electron chi connectivity index (χ3n) is 3.34. The third kappa shape index (κ3) is 3.37. The van der Waals surface area contributed by atoms with Crippen molar-refractivity contribution in [3.63, 3.8) is 0 Å². The first-order valence-electron chi connectivity index (χ1n) is 6.78. The quantitative estimate of drug-likeness (QED) is 0.917. The van der Waals surface area contributed by atoms with E-state index in [2.05, 4.69) is 10.4 Å². The Kier molecular flexibility index (Phi) is 4.25. The molecule has 1 heterocycles. The second-order valence-corrected chi connectivity index (χ2v) is 4.97. The van der Waals surface area contributed by atoms with Gasteiger partial charge in [-0.2, -0.15) is 18.3 Å². The van der Waals surface area contributed by atoms with E-state index in [4.69, 9.17) is 0 Å². The molecule has 0 spiro atoms. The molecule has 0 fully saturated rings. The third-order valence-corrected chi connectivity index (χ3v) is 3.34. The van der Waals surface area contributed by atoms with Gasteiger partial charge in [0.2, 0.25) is 0 Å². The maximum atomic E-state index is 13.1. The van der Waals surface area contributed by atoms with Gasteiger partial charge in [0.05, 0.1) is 16.9 Å². The van der Waals surface area contributed by atoms with Crippen LogP contribution in [0.2, 0.25) is 0 Å². The molecular formula is C15H18F3N3. The minimum absolute atomic E-state index is 0.232. The number of halogens is 3. The fourth-order valence-corrected chi connectivity index (χ4v) is 2.36. The van der Waals surface area contributed by atoms with Gasteiger partial charge >= 0.3 is 6.18 Å². The van der Waals surface area contributed by atoms with Crippen molar-refractivity contribution in [3.05, 3.63) is 47.3 Å². The Morgan fingerprint density at radius 2 is 1.95 bits per heavy atom. The van der Waals surface area contributed by atoms with Crippen LogP contribution in [0, 0.1) is 0 Å². The number of hydrogen-bond acceptors (Lipinski definition) is 2. The molecule has 0 saturated heterocycles. The topological polar surface area (TPSA) is 29.9 Å². The highest BCUT2D eigenvalue weighted by molar-refractivity contribution is 5.49. The van der Waals surface area contributed by atoms with Gasteiger partial charge in [-0.15, -0.1) is 0 Å². The minimum atomic E-state index is -4.35. The largest absolute Gasteiger partial charge is 0.416 e. The van der Waals surface area contributed by atoms with Crippen LogP contribution in [-0.2, 0) is 19.6 Å². The molecule has 0 aliphatic rings. The van der Waals surface area contributed by atoms with E-state index in [1.165, 1.54) is 12.1 Å². The molecule has 114 valence electrons. The highest BCUT2D eigenvalue weighted by Crippen LogP contribution is 2.35. The van der Waals surface area contributed by atoms with E-state index < -0.39 is 17.8 Å². The molecule has 1 unspecified atom stereocenters. The molecule has 1 N–H and O–H groups in total. The summed E-state index contributed by atoms with van der Waals surface area (Å²) in [6, 6.07) is 5.17. The Balaban J connectivity index is 2.31. The van der Waals surface area contributed by atoms with Gasteiger partial charge in [0.15, 0.2) is 0 Å². The summed E-state index contributed by atoms with van der Waals surface area (Å²) in [7, 11) is 1.79. The molecule has 0 saturated carbocycles. The van der Waals surface area contributed by atoms with Crippen LogP contribution < -0.4 is 5.32 Å². The standard InChI is InChI=1S/C15H18F3N3/c1-4-13-14(9-21(3)20-13)19-10(2)11-7-5-6-8-12(11)15(16,17)18/h5-10,19H,4H2,1-3H3. The number of nitrogens with one attached hydrogen (secondary N) is 1. The van der Waals surface area contributed by atoms with Gasteiger partial charge in [-0.25, -0.2) is 0 Å². The summed E-state index contributed by atoms with van der Waals surface area (Å²) < 4.78 is 40.8. The fourth-order valence-electron chi connectivity index (χ4n) is 2.36. The number of aromatic nitrogens is 2. The molecule has 2 aromatic rings. The lowest BCUT2D eigenvalue weighted by molar-refractivity contribution is -0.138. The van der Waals surface area contributed by atoms with E-state index in [1.54, 1.807) is 30.9 Å². The Bertz CT molecular complexity index is 617. The summed E-state index contributed by atoms with van der Waals surface area (Å²) in [5.41, 5.74) is 1.24. The first kappa shape index (κ1) is 15.4. The van der Waals surface area contributed by atoms with E-state index in [0.29, 0.717) is 0 Å². The van der Waals surface area contributed by atoms with Crippen LogP contribution in [0.3, 0.4) is 0 Å². The highest BCUT2D eigenvalue weighted by Gasteiger charge is 2.34. The van der Waals surface area contributed by atoms with Gasteiger partial charge in [0.25, 0.3) is 0 Å². The Hall–Kier alpha value is -1.98. The average molecular weight is 297 g/mol. The second-order valence-electron chi connectivity index (χ2n) is 4.97. The van der Waals surface area contributed by atoms with Crippen LogP contribution in [-0.4, -0.2) is 9.78 Å². The zero-order valence-electron chi connectivity index (χ0n) is 12.2. The number of nitrogens with zero attached hydrogens (tertiary/aromatic N) is 2. The van der Waals surface area contributed by atoms with Crippen LogP contribution in [0.15, 0.2) is 30.5 Å². The van der Waals surface area contributed by atoms with Gasteiger partial charge in [-0.05, 0) is 25.0 Å². The number of rotatable bonds is 4. The molecule has 0 amide bonds. The molecule has 1 atom stereocenters. The van der Waals surface area contributed by atoms with Crippen molar-refractivity contribution in [3.8, 4) is 0 Å². The molecule has 3 nitrogen and oxygen atoms in total. The maximum absolute atomic E-state index is 13.1. The van der Waals surface area contributed by atoms with Gasteiger partial charge in [-0.1, -0.05) is 25.1 Å². The summed E-state index contributed by atoms with van der Waals surface area (Å²) in [4.78, 5) is 0. The zero-order valence-corrected chi connectivity index (χ0v) is 12.2. The van der Waals surface area contributed by atoms with Gasteiger partial charge < -0.3 is 5.32 Å². The molecule has 21 heavy (non-hydrogen) atoms. The van der Waals surface area contributed by atoms with Crippen molar-refractivity contribution >= 4 is 5.69 Å². The average Bonchev–Trinajstić information content (AvgIpc) is 2.77. The predicted octanol–water partition coefficient (Wildman–Crippen LogP) is 4.17. The molecule has 2 rings (SSSR count). The zero-order chi connectivity index (χ0) is 15.6. The van der Waals surface area contributed by atoms with E-state index in [1.807, 2.05) is 6.92 Å². The number of benzene rings is 1. The van der Waals surface area contributed by atoms with E-state index in [0.717, 1.165) is 23.9 Å². The number of alkyl halides is 3. The van der Waals surface area contributed by atoms with Gasteiger partial charge in [0, 0.05) is 19.3 Å². The first-order valence-corrected chi connectivity index (χ1v) is 6.78. The van der Waals surface area contributed by atoms with Crippen molar-refractivity contribution in [2.24, 2.45) is 7.05 Å². The van der Waals surface area contributed by atoms with Crippen molar-refractivity contribution in [2.45, 2.75) is 32.5 Å². The maximum Gasteiger partial charge on any atom is 0.416 e. The predicted molar refractivity (Wildman–Crippen MR) is 76.1 cm³/mol. The summed E-state index contributed by atoms with van der Waals surface area (Å²) in [5.74, 6) is 0. The fraction of sp³-hybridized carbons (Fsp3) is 0.400. The van der Waals surface area contributed by atoms with Crippen LogP contribution in [0.4, 0.5) is 18.9 Å². The number of aryl methyl sites for hydroxylation is 2. The molecule has 0 aliphatic carbocycles. The molecule has 6 heteroatoms. The molecule has 1 aromatic carbocycles. The molecule has 0 aliphatic heterocycles. The summed E-state index contributed by atoms with van der Waals surface area (Å²) in [5, 5.41) is 7.41. The number of hydrogen-bond donors (Lipinski definition) is 1. The number of anilines is 1. The Morgan fingerprint density at radius 1 is 1.29 bits per heavy atom. The first-order chi connectivity index (χ1) is 9.82. The molecule has 1 aromatic heterocycles. The van der Waals surface area contributed by atoms with Crippen molar-refractivity contribution < 1.29 is 13.2 Å². The van der Waals surface area contributed by atoms with Crippen LogP contribution in [0.1, 0.15) is 36.7 Å². The summed E-state index contributed by atoms with van der Waals surface area (Å²) >= 11 is 0. The van der Waals surface area contributed by atoms with Crippen molar-refractivity contribution in [2.75, 3.05) is 5.32 Å². The monoisotopic (exact) mass is 297 g/mol. The van der Waals surface area contributed by atoms with Crippen LogP contribution in [0.5, 0.6) is 0 Å². The van der Waals surface area contributed by atoms with Crippen molar-refractivity contribution in [1.82, 2.24) is 9.78 Å². The van der Waals surface area contributed by atoms with Crippen LogP contribution in [0.25, 0.3) is 0 Å². The summed E-state index contributed by atoms with van der Waals surface area (Å²) in [6.45, 7) is 3.68. The lowest BCUT2D eigenvalue weighted by Crippen LogP contribution is -2.15. The minimum Gasteiger partial charge on any atom is -0.376 e. The molecular weight excluding hydrogens is 279 g/mol. The molecule has 0 radical (unpaired) electrons. The molecule has 0 bridgehead atoms. The smallest absolute Gasteiger partial charge is 0.376 e.